The fourth-order valence-electron chi connectivity index (χ4n) is 2.54. The van der Waals surface area contributed by atoms with Crippen LogP contribution < -0.4 is 14.8 Å². The Hall–Kier alpha value is -2.28. The molecular formula is C19H23N3O3S. The Bertz CT molecular complexity index is 748. The van der Waals surface area contributed by atoms with Crippen LogP contribution in [0.15, 0.2) is 36.7 Å². The predicted molar refractivity (Wildman–Crippen MR) is 102 cm³/mol. The molecule has 1 aliphatic heterocycles. The summed E-state index contributed by atoms with van der Waals surface area (Å²) in [5, 5.41) is 2.91. The van der Waals surface area contributed by atoms with Gasteiger partial charge in [0.05, 0.1) is 6.10 Å². The first-order valence-electron chi connectivity index (χ1n) is 8.70. The lowest BCUT2D eigenvalue weighted by Gasteiger charge is -2.12. The normalized spacial score (nSPS) is 16.5. The third-order valence-electron chi connectivity index (χ3n) is 3.78. The number of pyridine rings is 2. The van der Waals surface area contributed by atoms with Crippen molar-refractivity contribution in [3.8, 4) is 11.8 Å². The number of ether oxygens (including phenoxy) is 2. The van der Waals surface area contributed by atoms with Crippen LogP contribution in [0, 0.1) is 0 Å². The molecule has 2 aromatic heterocycles. The minimum atomic E-state index is -0.166. The van der Waals surface area contributed by atoms with Crippen molar-refractivity contribution in [2.75, 3.05) is 11.5 Å². The molecule has 6 nitrogen and oxygen atoms in total. The number of hydrogen-bond donors (Lipinski definition) is 1. The lowest BCUT2D eigenvalue weighted by atomic mass is 10.2. The van der Waals surface area contributed by atoms with E-state index in [0.29, 0.717) is 23.9 Å². The molecule has 1 N–H and O–H groups in total. The van der Waals surface area contributed by atoms with Crippen molar-refractivity contribution in [1.82, 2.24) is 15.3 Å². The molecule has 0 aromatic carbocycles. The topological polar surface area (TPSA) is 73.3 Å². The van der Waals surface area contributed by atoms with Gasteiger partial charge in [0.2, 0.25) is 11.8 Å². The highest BCUT2D eigenvalue weighted by atomic mass is 32.2. The summed E-state index contributed by atoms with van der Waals surface area (Å²) in [6, 6.07) is 7.06. The molecule has 138 valence electrons. The van der Waals surface area contributed by atoms with Gasteiger partial charge in [-0.15, -0.1) is 0 Å². The molecule has 0 aliphatic carbocycles. The number of amides is 1. The fraction of sp³-hybridized carbons (Fsp3) is 0.421. The SMILES string of the molecule is CC(C)Oc1cc(CNC(=O)c2ccnc(OC3CCSC3)c2)ccn1. The van der Waals surface area contributed by atoms with Crippen LogP contribution in [-0.4, -0.2) is 39.6 Å². The third-order valence-corrected chi connectivity index (χ3v) is 4.91. The molecule has 3 rings (SSSR count). The molecule has 1 aliphatic rings. The Morgan fingerprint density at radius 3 is 2.85 bits per heavy atom. The Labute approximate surface area is 157 Å². The van der Waals surface area contributed by atoms with Crippen LogP contribution in [0.3, 0.4) is 0 Å². The van der Waals surface area contributed by atoms with Gasteiger partial charge in [-0.2, -0.15) is 11.8 Å². The van der Waals surface area contributed by atoms with Gasteiger partial charge in [0.1, 0.15) is 6.10 Å². The van der Waals surface area contributed by atoms with E-state index < -0.39 is 0 Å². The van der Waals surface area contributed by atoms with Crippen molar-refractivity contribution in [2.24, 2.45) is 0 Å². The highest BCUT2D eigenvalue weighted by molar-refractivity contribution is 7.99. The zero-order valence-electron chi connectivity index (χ0n) is 15.0. The van der Waals surface area contributed by atoms with Gasteiger partial charge in [-0.1, -0.05) is 0 Å². The zero-order valence-corrected chi connectivity index (χ0v) is 15.8. The molecule has 26 heavy (non-hydrogen) atoms. The van der Waals surface area contributed by atoms with Crippen molar-refractivity contribution in [3.05, 3.63) is 47.8 Å². The summed E-state index contributed by atoms with van der Waals surface area (Å²) >= 11 is 1.87. The van der Waals surface area contributed by atoms with Gasteiger partial charge in [0.15, 0.2) is 0 Å². The van der Waals surface area contributed by atoms with Gasteiger partial charge >= 0.3 is 0 Å². The fourth-order valence-corrected chi connectivity index (χ4v) is 3.64. The zero-order chi connectivity index (χ0) is 18.4. The standard InChI is InChI=1S/C19H23N3O3S/c1-13(2)24-17-9-14(3-6-20-17)11-22-19(23)15-4-7-21-18(10-15)25-16-5-8-26-12-16/h3-4,6-7,9-10,13,16H,5,8,11-12H2,1-2H3,(H,22,23). The van der Waals surface area contributed by atoms with Crippen LogP contribution in [0.4, 0.5) is 0 Å². The maximum absolute atomic E-state index is 12.4. The second-order valence-corrected chi connectivity index (χ2v) is 7.49. The summed E-state index contributed by atoms with van der Waals surface area (Å²) in [5.74, 6) is 2.98. The van der Waals surface area contributed by atoms with Gasteiger partial charge in [0.25, 0.3) is 5.91 Å². The molecule has 1 atom stereocenters. The van der Waals surface area contributed by atoms with Crippen LogP contribution in [0.1, 0.15) is 36.2 Å². The number of nitrogens with zero attached hydrogens (tertiary/aromatic N) is 2. The minimum absolute atomic E-state index is 0.0563. The van der Waals surface area contributed by atoms with Crippen LogP contribution in [0.2, 0.25) is 0 Å². The summed E-state index contributed by atoms with van der Waals surface area (Å²) in [5.41, 5.74) is 1.46. The molecule has 1 saturated heterocycles. The maximum atomic E-state index is 12.4. The number of carbonyl (C=O) groups is 1. The Morgan fingerprint density at radius 2 is 2.08 bits per heavy atom. The van der Waals surface area contributed by atoms with Crippen molar-refractivity contribution in [1.29, 1.82) is 0 Å². The van der Waals surface area contributed by atoms with Crippen molar-refractivity contribution < 1.29 is 14.3 Å². The first kappa shape index (κ1) is 18.5. The predicted octanol–water partition coefficient (Wildman–Crippen LogP) is 3.08. The number of thioether (sulfide) groups is 1. The first-order valence-corrected chi connectivity index (χ1v) is 9.86. The monoisotopic (exact) mass is 373 g/mol. The summed E-state index contributed by atoms with van der Waals surface area (Å²) < 4.78 is 11.4. The molecule has 0 bridgehead atoms. The molecule has 7 heteroatoms. The van der Waals surface area contributed by atoms with Crippen LogP contribution in [0.25, 0.3) is 0 Å². The van der Waals surface area contributed by atoms with Crippen molar-refractivity contribution in [2.45, 2.75) is 39.0 Å². The largest absolute Gasteiger partial charge is 0.475 e. The van der Waals surface area contributed by atoms with Gasteiger partial charge in [-0.05, 0) is 43.7 Å². The smallest absolute Gasteiger partial charge is 0.251 e. The number of hydrogen-bond acceptors (Lipinski definition) is 6. The molecule has 2 aromatic rings. The molecule has 0 spiro atoms. The summed E-state index contributed by atoms with van der Waals surface area (Å²) in [6.45, 7) is 4.29. The van der Waals surface area contributed by atoms with E-state index in [2.05, 4.69) is 15.3 Å². The van der Waals surface area contributed by atoms with Crippen molar-refractivity contribution >= 4 is 17.7 Å². The van der Waals surface area contributed by atoms with E-state index in [1.54, 1.807) is 24.5 Å². The van der Waals surface area contributed by atoms with E-state index in [-0.39, 0.29) is 18.1 Å². The van der Waals surface area contributed by atoms with Crippen LogP contribution >= 0.6 is 11.8 Å². The molecule has 1 unspecified atom stereocenters. The highest BCUT2D eigenvalue weighted by Gasteiger charge is 2.18. The second kappa shape index (κ2) is 8.89. The second-order valence-electron chi connectivity index (χ2n) is 6.34. The average molecular weight is 373 g/mol. The summed E-state index contributed by atoms with van der Waals surface area (Å²) in [7, 11) is 0. The van der Waals surface area contributed by atoms with E-state index in [1.807, 2.05) is 37.7 Å². The van der Waals surface area contributed by atoms with E-state index in [4.69, 9.17) is 9.47 Å². The van der Waals surface area contributed by atoms with Gasteiger partial charge < -0.3 is 14.8 Å². The number of rotatable bonds is 7. The van der Waals surface area contributed by atoms with Gasteiger partial charge in [-0.25, -0.2) is 9.97 Å². The average Bonchev–Trinajstić information content (AvgIpc) is 3.12. The summed E-state index contributed by atoms with van der Waals surface area (Å²) in [6.07, 6.45) is 4.54. The highest BCUT2D eigenvalue weighted by Crippen LogP contribution is 2.22. The number of carbonyl (C=O) groups excluding carboxylic acids is 1. The summed E-state index contributed by atoms with van der Waals surface area (Å²) in [4.78, 5) is 20.8. The first-order chi connectivity index (χ1) is 12.6. The molecule has 0 radical (unpaired) electrons. The van der Waals surface area contributed by atoms with Crippen LogP contribution in [0.5, 0.6) is 11.8 Å². The van der Waals surface area contributed by atoms with E-state index in [9.17, 15) is 4.79 Å². The molecular weight excluding hydrogens is 350 g/mol. The molecule has 0 saturated carbocycles. The molecule has 3 heterocycles. The lowest BCUT2D eigenvalue weighted by Crippen LogP contribution is -2.23. The van der Waals surface area contributed by atoms with Gasteiger partial charge in [-0.3, -0.25) is 4.79 Å². The van der Waals surface area contributed by atoms with E-state index in [0.717, 1.165) is 23.5 Å². The third kappa shape index (κ3) is 5.36. The van der Waals surface area contributed by atoms with Crippen molar-refractivity contribution in [3.63, 3.8) is 0 Å². The Kier molecular flexibility index (Phi) is 6.33. The van der Waals surface area contributed by atoms with E-state index >= 15 is 0 Å². The Balaban J connectivity index is 1.58. The van der Waals surface area contributed by atoms with Gasteiger partial charge in [0, 0.05) is 42.4 Å². The molecule has 1 amide bonds. The molecule has 1 fully saturated rings. The number of nitrogens with one attached hydrogen (secondary N) is 1. The Morgan fingerprint density at radius 1 is 1.27 bits per heavy atom. The van der Waals surface area contributed by atoms with Crippen LogP contribution in [-0.2, 0) is 6.54 Å². The number of aromatic nitrogens is 2. The minimum Gasteiger partial charge on any atom is -0.475 e. The lowest BCUT2D eigenvalue weighted by molar-refractivity contribution is 0.0949. The van der Waals surface area contributed by atoms with E-state index in [1.165, 1.54) is 0 Å². The quantitative estimate of drug-likeness (QED) is 0.804. The maximum Gasteiger partial charge on any atom is 0.251 e.